The highest BCUT2D eigenvalue weighted by molar-refractivity contribution is 9.10. The normalized spacial score (nSPS) is 10.5. The molecule has 0 saturated heterocycles. The van der Waals surface area contributed by atoms with Gasteiger partial charge < -0.3 is 19.9 Å². The summed E-state index contributed by atoms with van der Waals surface area (Å²) < 4.78 is 11.5. The summed E-state index contributed by atoms with van der Waals surface area (Å²) in [6.45, 7) is -0.229. The minimum absolute atomic E-state index is 0.229. The van der Waals surface area contributed by atoms with E-state index in [0.29, 0.717) is 22.7 Å². The second-order valence-electron chi connectivity index (χ2n) is 4.89. The van der Waals surface area contributed by atoms with E-state index in [1.165, 1.54) is 13.2 Å². The third kappa shape index (κ3) is 5.65. The molecule has 0 atom stereocenters. The fourth-order valence-corrected chi connectivity index (χ4v) is 2.40. The summed E-state index contributed by atoms with van der Waals surface area (Å²) in [6, 6.07) is 12.1. The fraction of sp³-hybridized carbons (Fsp3) is 0.111. The predicted molar refractivity (Wildman–Crippen MR) is 97.9 cm³/mol. The number of carbonyl (C=O) groups excluding carboxylic acids is 1. The van der Waals surface area contributed by atoms with Crippen molar-refractivity contribution in [1.29, 1.82) is 0 Å². The maximum Gasteiger partial charge on any atom is 0.328 e. The molecular formula is C18H16BrNO5. The maximum atomic E-state index is 12.1. The summed E-state index contributed by atoms with van der Waals surface area (Å²) in [5.41, 5.74) is 1.09. The van der Waals surface area contributed by atoms with E-state index in [4.69, 9.17) is 14.6 Å². The summed E-state index contributed by atoms with van der Waals surface area (Å²) in [7, 11) is 1.52. The maximum absolute atomic E-state index is 12.1. The molecule has 6 nitrogen and oxygen atoms in total. The van der Waals surface area contributed by atoms with Crippen LogP contribution in [0.2, 0.25) is 0 Å². The SMILES string of the molecule is COc1ccccc1NC(=O)COc1ccc(Br)cc1C=CC(=O)O. The first-order valence-electron chi connectivity index (χ1n) is 7.26. The number of anilines is 1. The van der Waals surface area contributed by atoms with Crippen LogP contribution in [0, 0.1) is 0 Å². The zero-order valence-corrected chi connectivity index (χ0v) is 14.9. The van der Waals surface area contributed by atoms with E-state index < -0.39 is 5.97 Å². The summed E-state index contributed by atoms with van der Waals surface area (Å²) >= 11 is 3.31. The van der Waals surface area contributed by atoms with Gasteiger partial charge in [-0.1, -0.05) is 28.1 Å². The number of nitrogens with one attached hydrogen (secondary N) is 1. The topological polar surface area (TPSA) is 84.9 Å². The minimum Gasteiger partial charge on any atom is -0.495 e. The molecule has 25 heavy (non-hydrogen) atoms. The van der Waals surface area contributed by atoms with Crippen molar-refractivity contribution >= 4 is 39.6 Å². The molecule has 2 aromatic rings. The monoisotopic (exact) mass is 405 g/mol. The van der Waals surface area contributed by atoms with E-state index in [-0.39, 0.29) is 12.5 Å². The van der Waals surface area contributed by atoms with Crippen LogP contribution in [0.4, 0.5) is 5.69 Å². The number of hydrogen-bond donors (Lipinski definition) is 2. The highest BCUT2D eigenvalue weighted by atomic mass is 79.9. The number of ether oxygens (including phenoxy) is 2. The Hall–Kier alpha value is -2.80. The van der Waals surface area contributed by atoms with Gasteiger partial charge in [-0.15, -0.1) is 0 Å². The number of carboxylic acid groups (broad SMARTS) is 1. The molecule has 0 unspecified atom stereocenters. The second kappa shape index (κ2) is 8.89. The Morgan fingerprint density at radius 2 is 1.96 bits per heavy atom. The van der Waals surface area contributed by atoms with E-state index in [1.807, 2.05) is 0 Å². The molecule has 7 heteroatoms. The van der Waals surface area contributed by atoms with Crippen LogP contribution in [0.5, 0.6) is 11.5 Å². The molecule has 0 radical (unpaired) electrons. The highest BCUT2D eigenvalue weighted by Gasteiger charge is 2.09. The third-order valence-corrected chi connectivity index (χ3v) is 3.61. The zero-order valence-electron chi connectivity index (χ0n) is 13.4. The van der Waals surface area contributed by atoms with E-state index in [2.05, 4.69) is 21.2 Å². The van der Waals surface area contributed by atoms with Crippen LogP contribution in [0.15, 0.2) is 53.0 Å². The van der Waals surface area contributed by atoms with Crippen LogP contribution >= 0.6 is 15.9 Å². The first-order chi connectivity index (χ1) is 12.0. The highest BCUT2D eigenvalue weighted by Crippen LogP contribution is 2.25. The molecule has 0 bridgehead atoms. The van der Waals surface area contributed by atoms with Crippen molar-refractivity contribution in [3.05, 3.63) is 58.6 Å². The van der Waals surface area contributed by atoms with Crippen molar-refractivity contribution < 1.29 is 24.2 Å². The number of methoxy groups -OCH3 is 1. The Bertz CT molecular complexity index is 804. The Morgan fingerprint density at radius 1 is 1.20 bits per heavy atom. The zero-order chi connectivity index (χ0) is 18.2. The number of amides is 1. The summed E-state index contributed by atoms with van der Waals surface area (Å²) in [4.78, 5) is 22.8. The van der Waals surface area contributed by atoms with Crippen molar-refractivity contribution in [3.63, 3.8) is 0 Å². The summed E-state index contributed by atoms with van der Waals surface area (Å²) in [5, 5.41) is 11.5. The third-order valence-electron chi connectivity index (χ3n) is 3.12. The van der Waals surface area contributed by atoms with Crippen LogP contribution < -0.4 is 14.8 Å². The van der Waals surface area contributed by atoms with Gasteiger partial charge in [-0.05, 0) is 36.4 Å². The van der Waals surface area contributed by atoms with Crippen molar-refractivity contribution in [3.8, 4) is 11.5 Å². The quantitative estimate of drug-likeness (QED) is 0.687. The molecule has 0 saturated carbocycles. The van der Waals surface area contributed by atoms with Crippen LogP contribution in [-0.4, -0.2) is 30.7 Å². The number of carbonyl (C=O) groups is 2. The molecule has 0 spiro atoms. The number of carboxylic acids is 1. The number of hydrogen-bond acceptors (Lipinski definition) is 4. The Labute approximate surface area is 153 Å². The Morgan fingerprint density at radius 3 is 2.68 bits per heavy atom. The number of benzene rings is 2. The van der Waals surface area contributed by atoms with E-state index in [9.17, 15) is 9.59 Å². The molecule has 2 aromatic carbocycles. The number of halogens is 1. The average Bonchev–Trinajstić information content (AvgIpc) is 2.59. The fourth-order valence-electron chi connectivity index (χ4n) is 2.02. The van der Waals surface area contributed by atoms with Crippen molar-refractivity contribution in [2.24, 2.45) is 0 Å². The van der Waals surface area contributed by atoms with Gasteiger partial charge in [0.2, 0.25) is 0 Å². The molecule has 1 amide bonds. The van der Waals surface area contributed by atoms with Crippen LogP contribution in [0.3, 0.4) is 0 Å². The summed E-state index contributed by atoms with van der Waals surface area (Å²) in [5.74, 6) is -0.485. The molecule has 2 rings (SSSR count). The van der Waals surface area contributed by atoms with Gasteiger partial charge in [0.05, 0.1) is 12.8 Å². The number of rotatable bonds is 7. The molecule has 0 aliphatic rings. The van der Waals surface area contributed by atoms with Gasteiger partial charge in [0, 0.05) is 16.1 Å². The lowest BCUT2D eigenvalue weighted by Gasteiger charge is -2.12. The Kier molecular flexibility index (Phi) is 6.59. The lowest BCUT2D eigenvalue weighted by atomic mass is 10.2. The molecular weight excluding hydrogens is 390 g/mol. The lowest BCUT2D eigenvalue weighted by molar-refractivity contribution is -0.131. The van der Waals surface area contributed by atoms with Gasteiger partial charge in [-0.3, -0.25) is 4.79 Å². The van der Waals surface area contributed by atoms with Crippen molar-refractivity contribution in [2.45, 2.75) is 0 Å². The first-order valence-corrected chi connectivity index (χ1v) is 8.05. The Balaban J connectivity index is 2.05. The van der Waals surface area contributed by atoms with E-state index >= 15 is 0 Å². The van der Waals surface area contributed by atoms with Crippen molar-refractivity contribution in [1.82, 2.24) is 0 Å². The van der Waals surface area contributed by atoms with E-state index in [0.717, 1.165) is 10.5 Å². The molecule has 0 fully saturated rings. The molecule has 130 valence electrons. The smallest absolute Gasteiger partial charge is 0.328 e. The lowest BCUT2D eigenvalue weighted by Crippen LogP contribution is -2.20. The van der Waals surface area contributed by atoms with E-state index in [1.54, 1.807) is 42.5 Å². The molecule has 0 aliphatic heterocycles. The number of aliphatic carboxylic acids is 1. The minimum atomic E-state index is -1.07. The molecule has 0 aromatic heterocycles. The van der Waals surface area contributed by atoms with Gasteiger partial charge in [0.15, 0.2) is 6.61 Å². The van der Waals surface area contributed by atoms with Gasteiger partial charge >= 0.3 is 5.97 Å². The first kappa shape index (κ1) is 18.5. The molecule has 0 heterocycles. The van der Waals surface area contributed by atoms with Crippen LogP contribution in [0.1, 0.15) is 5.56 Å². The standard InChI is InChI=1S/C18H16BrNO5/c1-24-16-5-3-2-4-14(16)20-17(21)11-25-15-8-7-13(19)10-12(15)6-9-18(22)23/h2-10H,11H2,1H3,(H,20,21)(H,22,23). The van der Waals surface area contributed by atoms with Gasteiger partial charge in [-0.2, -0.15) is 0 Å². The molecule has 0 aliphatic carbocycles. The van der Waals surface area contributed by atoms with Crippen LogP contribution in [0.25, 0.3) is 6.08 Å². The second-order valence-corrected chi connectivity index (χ2v) is 5.81. The van der Waals surface area contributed by atoms with Crippen molar-refractivity contribution in [2.75, 3.05) is 19.0 Å². The van der Waals surface area contributed by atoms with Gasteiger partial charge in [-0.25, -0.2) is 4.79 Å². The van der Waals surface area contributed by atoms with Gasteiger partial charge in [0.1, 0.15) is 11.5 Å². The van der Waals surface area contributed by atoms with Crippen LogP contribution in [-0.2, 0) is 9.59 Å². The predicted octanol–water partition coefficient (Wildman–Crippen LogP) is 3.57. The molecule has 2 N–H and O–H groups in total. The van der Waals surface area contributed by atoms with Gasteiger partial charge in [0.25, 0.3) is 5.91 Å². The largest absolute Gasteiger partial charge is 0.495 e. The number of para-hydroxylation sites is 2. The average molecular weight is 406 g/mol. The summed E-state index contributed by atoms with van der Waals surface area (Å²) in [6.07, 6.45) is 2.41.